The number of hydrogen-bond donors (Lipinski definition) is 0. The fourth-order valence-electron chi connectivity index (χ4n) is 1.40. The molecule has 0 aliphatic heterocycles. The first-order valence-electron chi connectivity index (χ1n) is 4.82. The van der Waals surface area contributed by atoms with Crippen molar-refractivity contribution in [2.45, 2.75) is 20.3 Å². The Bertz CT molecular complexity index is 394. The quantitative estimate of drug-likeness (QED) is 0.562. The number of carbonyl (C=O) groups is 2. The second-order valence-corrected chi connectivity index (χ2v) is 3.27. The summed E-state index contributed by atoms with van der Waals surface area (Å²) in [4.78, 5) is 22.6. The Morgan fingerprint density at radius 3 is 2.47 bits per heavy atom. The SMILES string of the molecule is CCc1ccc(C(C)=O)cc1C(=O)OC. The van der Waals surface area contributed by atoms with E-state index in [4.69, 9.17) is 0 Å². The number of methoxy groups -OCH3 is 1. The van der Waals surface area contributed by atoms with Crippen LogP contribution in [-0.2, 0) is 11.2 Å². The number of rotatable bonds is 3. The Labute approximate surface area is 89.1 Å². The van der Waals surface area contributed by atoms with Gasteiger partial charge in [-0.15, -0.1) is 0 Å². The van der Waals surface area contributed by atoms with E-state index in [1.54, 1.807) is 18.2 Å². The molecular weight excluding hydrogens is 192 g/mol. The Kier molecular flexibility index (Phi) is 3.61. The molecule has 0 spiro atoms. The van der Waals surface area contributed by atoms with Crippen LogP contribution in [0.3, 0.4) is 0 Å². The van der Waals surface area contributed by atoms with Crippen LogP contribution in [0.1, 0.15) is 40.1 Å². The van der Waals surface area contributed by atoms with E-state index in [-0.39, 0.29) is 5.78 Å². The van der Waals surface area contributed by atoms with Gasteiger partial charge in [-0.05, 0) is 25.0 Å². The first kappa shape index (κ1) is 11.4. The molecule has 1 rings (SSSR count). The predicted octanol–water partition coefficient (Wildman–Crippen LogP) is 2.24. The van der Waals surface area contributed by atoms with Gasteiger partial charge in [-0.2, -0.15) is 0 Å². The molecule has 0 saturated heterocycles. The van der Waals surface area contributed by atoms with E-state index in [0.29, 0.717) is 11.1 Å². The summed E-state index contributed by atoms with van der Waals surface area (Å²) in [6, 6.07) is 5.11. The Morgan fingerprint density at radius 2 is 2.00 bits per heavy atom. The highest BCUT2D eigenvalue weighted by molar-refractivity contribution is 5.98. The summed E-state index contributed by atoms with van der Waals surface area (Å²) in [6.45, 7) is 3.43. The van der Waals surface area contributed by atoms with Gasteiger partial charge in [0.25, 0.3) is 0 Å². The molecule has 15 heavy (non-hydrogen) atoms. The predicted molar refractivity (Wildman–Crippen MR) is 57.2 cm³/mol. The third kappa shape index (κ3) is 2.43. The Balaban J connectivity index is 3.25. The summed E-state index contributed by atoms with van der Waals surface area (Å²) < 4.78 is 4.66. The van der Waals surface area contributed by atoms with Crippen molar-refractivity contribution in [3.63, 3.8) is 0 Å². The van der Waals surface area contributed by atoms with Gasteiger partial charge in [-0.3, -0.25) is 4.79 Å². The normalized spacial score (nSPS) is 9.80. The van der Waals surface area contributed by atoms with E-state index in [9.17, 15) is 9.59 Å². The number of ketones is 1. The maximum atomic E-state index is 11.4. The Morgan fingerprint density at radius 1 is 1.33 bits per heavy atom. The van der Waals surface area contributed by atoms with Gasteiger partial charge in [0, 0.05) is 5.56 Å². The summed E-state index contributed by atoms with van der Waals surface area (Å²) in [5.74, 6) is -0.447. The average Bonchev–Trinajstić information content (AvgIpc) is 2.27. The summed E-state index contributed by atoms with van der Waals surface area (Å²) in [5.41, 5.74) is 1.91. The molecule has 0 aliphatic rings. The molecule has 0 saturated carbocycles. The lowest BCUT2D eigenvalue weighted by Gasteiger charge is -2.07. The van der Waals surface area contributed by atoms with Crippen molar-refractivity contribution in [3.8, 4) is 0 Å². The maximum absolute atomic E-state index is 11.4. The van der Waals surface area contributed by atoms with E-state index >= 15 is 0 Å². The van der Waals surface area contributed by atoms with Crippen molar-refractivity contribution >= 4 is 11.8 Å². The van der Waals surface area contributed by atoms with Crippen molar-refractivity contribution in [2.75, 3.05) is 7.11 Å². The number of carbonyl (C=O) groups excluding carboxylic acids is 2. The number of benzene rings is 1. The first-order valence-corrected chi connectivity index (χ1v) is 4.82. The Hall–Kier alpha value is -1.64. The smallest absolute Gasteiger partial charge is 0.338 e. The highest BCUT2D eigenvalue weighted by atomic mass is 16.5. The molecule has 3 heteroatoms. The van der Waals surface area contributed by atoms with E-state index in [1.807, 2.05) is 6.92 Å². The van der Waals surface area contributed by atoms with Crippen LogP contribution in [0, 0.1) is 0 Å². The van der Waals surface area contributed by atoms with Gasteiger partial charge in [-0.25, -0.2) is 4.79 Å². The van der Waals surface area contributed by atoms with Gasteiger partial charge in [0.05, 0.1) is 12.7 Å². The van der Waals surface area contributed by atoms with Crippen LogP contribution in [0.25, 0.3) is 0 Å². The van der Waals surface area contributed by atoms with Crippen LogP contribution in [0.4, 0.5) is 0 Å². The van der Waals surface area contributed by atoms with Gasteiger partial charge < -0.3 is 4.74 Å². The molecule has 0 heterocycles. The van der Waals surface area contributed by atoms with E-state index in [1.165, 1.54) is 14.0 Å². The lowest BCUT2D eigenvalue weighted by Crippen LogP contribution is -2.07. The molecule has 0 radical (unpaired) electrons. The second-order valence-electron chi connectivity index (χ2n) is 3.27. The van der Waals surface area contributed by atoms with Crippen LogP contribution >= 0.6 is 0 Å². The molecule has 0 bridgehead atoms. The monoisotopic (exact) mass is 206 g/mol. The number of Topliss-reactive ketones (excluding diaryl/α,β-unsaturated/α-hetero) is 1. The van der Waals surface area contributed by atoms with Gasteiger partial charge >= 0.3 is 5.97 Å². The summed E-state index contributed by atoms with van der Waals surface area (Å²) in [7, 11) is 1.34. The highest BCUT2D eigenvalue weighted by Gasteiger charge is 2.12. The van der Waals surface area contributed by atoms with Crippen LogP contribution in [-0.4, -0.2) is 18.9 Å². The average molecular weight is 206 g/mol. The standard InChI is InChI=1S/C12H14O3/c1-4-9-5-6-10(8(2)13)7-11(9)12(14)15-3/h5-7H,4H2,1-3H3. The van der Waals surface area contributed by atoms with E-state index in [0.717, 1.165) is 12.0 Å². The number of esters is 1. The first-order chi connectivity index (χ1) is 7.10. The molecule has 0 fully saturated rings. The highest BCUT2D eigenvalue weighted by Crippen LogP contribution is 2.14. The van der Waals surface area contributed by atoms with Crippen molar-refractivity contribution in [3.05, 3.63) is 34.9 Å². The second kappa shape index (κ2) is 4.73. The van der Waals surface area contributed by atoms with E-state index in [2.05, 4.69) is 4.74 Å². The number of aryl methyl sites for hydroxylation is 1. The molecule has 0 aromatic heterocycles. The van der Waals surface area contributed by atoms with Crippen LogP contribution in [0.15, 0.2) is 18.2 Å². The van der Waals surface area contributed by atoms with Gasteiger partial charge in [0.15, 0.2) is 5.78 Å². The fourth-order valence-corrected chi connectivity index (χ4v) is 1.40. The molecule has 1 aromatic rings. The minimum atomic E-state index is -0.394. The van der Waals surface area contributed by atoms with Crippen molar-refractivity contribution < 1.29 is 14.3 Å². The van der Waals surface area contributed by atoms with Gasteiger partial charge in [0.1, 0.15) is 0 Å². The van der Waals surface area contributed by atoms with Crippen LogP contribution in [0.5, 0.6) is 0 Å². The van der Waals surface area contributed by atoms with Crippen molar-refractivity contribution in [1.82, 2.24) is 0 Å². The summed E-state index contributed by atoms with van der Waals surface area (Å²) >= 11 is 0. The van der Waals surface area contributed by atoms with E-state index < -0.39 is 5.97 Å². The molecule has 1 aromatic carbocycles. The number of ether oxygens (including phenoxy) is 1. The molecule has 80 valence electrons. The van der Waals surface area contributed by atoms with Crippen LogP contribution < -0.4 is 0 Å². The third-order valence-electron chi connectivity index (χ3n) is 2.30. The van der Waals surface area contributed by atoms with Crippen LogP contribution in [0.2, 0.25) is 0 Å². The molecule has 0 aliphatic carbocycles. The molecule has 3 nitrogen and oxygen atoms in total. The summed E-state index contributed by atoms with van der Waals surface area (Å²) in [6.07, 6.45) is 0.739. The van der Waals surface area contributed by atoms with Crippen molar-refractivity contribution in [2.24, 2.45) is 0 Å². The van der Waals surface area contributed by atoms with Gasteiger partial charge in [0.2, 0.25) is 0 Å². The van der Waals surface area contributed by atoms with Crippen molar-refractivity contribution in [1.29, 1.82) is 0 Å². The summed E-state index contributed by atoms with van der Waals surface area (Å²) in [5, 5.41) is 0. The molecule has 0 atom stereocenters. The number of hydrogen-bond acceptors (Lipinski definition) is 3. The zero-order valence-corrected chi connectivity index (χ0v) is 9.16. The zero-order valence-electron chi connectivity index (χ0n) is 9.16. The lowest BCUT2D eigenvalue weighted by atomic mass is 10.0. The topological polar surface area (TPSA) is 43.4 Å². The maximum Gasteiger partial charge on any atom is 0.338 e. The largest absolute Gasteiger partial charge is 0.465 e. The van der Waals surface area contributed by atoms with Gasteiger partial charge in [-0.1, -0.05) is 19.1 Å². The minimum Gasteiger partial charge on any atom is -0.465 e. The fraction of sp³-hybridized carbons (Fsp3) is 0.333. The molecule has 0 amide bonds. The molecular formula is C12H14O3. The zero-order chi connectivity index (χ0) is 11.4. The molecule has 0 N–H and O–H groups in total. The minimum absolute atomic E-state index is 0.0530. The lowest BCUT2D eigenvalue weighted by molar-refractivity contribution is 0.0599. The third-order valence-corrected chi connectivity index (χ3v) is 2.30. The molecule has 0 unspecified atom stereocenters.